The summed E-state index contributed by atoms with van der Waals surface area (Å²) in [5, 5.41) is -0.0831. The van der Waals surface area contributed by atoms with E-state index >= 15 is 0 Å². The molecule has 1 N–H and O–H groups in total. The van der Waals surface area contributed by atoms with Crippen LogP contribution in [0.25, 0.3) is 0 Å². The van der Waals surface area contributed by atoms with Gasteiger partial charge in [0, 0.05) is 20.0 Å². The number of nitrogens with one attached hydrogen (secondary N) is 1. The fraction of sp³-hybridized carbons (Fsp3) is 0.308. The van der Waals surface area contributed by atoms with Gasteiger partial charge in [-0.3, -0.25) is 0 Å². The van der Waals surface area contributed by atoms with Crippen LogP contribution in [0, 0.1) is 0 Å². The smallest absolute Gasteiger partial charge is 0.261 e. The van der Waals surface area contributed by atoms with Crippen molar-refractivity contribution in [2.75, 3.05) is 6.54 Å². The molecule has 0 saturated heterocycles. The minimum Gasteiger partial charge on any atom is -0.488 e. The summed E-state index contributed by atoms with van der Waals surface area (Å²) in [5.41, 5.74) is 1.08. The van der Waals surface area contributed by atoms with Crippen LogP contribution in [0.4, 0.5) is 0 Å². The molecule has 8 heteroatoms. The van der Waals surface area contributed by atoms with Crippen molar-refractivity contribution < 1.29 is 13.2 Å². The van der Waals surface area contributed by atoms with Crippen LogP contribution >= 0.6 is 11.6 Å². The predicted octanol–water partition coefficient (Wildman–Crippen LogP) is 1.36. The van der Waals surface area contributed by atoms with E-state index in [4.69, 9.17) is 16.3 Å². The van der Waals surface area contributed by atoms with Crippen molar-refractivity contribution in [3.05, 3.63) is 41.3 Å². The summed E-state index contributed by atoms with van der Waals surface area (Å²) in [6.45, 7) is 0.171. The molecule has 6 nitrogen and oxygen atoms in total. The molecule has 0 fully saturated rings. The van der Waals surface area contributed by atoms with E-state index in [1.54, 1.807) is 7.05 Å². The van der Waals surface area contributed by atoms with Gasteiger partial charge in [0.1, 0.15) is 17.0 Å². The Morgan fingerprint density at radius 1 is 1.48 bits per heavy atom. The maximum atomic E-state index is 12.2. The Bertz CT molecular complexity index is 748. The van der Waals surface area contributed by atoms with Gasteiger partial charge in [-0.05, 0) is 11.6 Å². The predicted molar refractivity (Wildman–Crippen MR) is 78.0 cm³/mol. The van der Waals surface area contributed by atoms with Crippen molar-refractivity contribution in [1.29, 1.82) is 0 Å². The lowest BCUT2D eigenvalue weighted by Crippen LogP contribution is -2.34. The van der Waals surface area contributed by atoms with Crippen LogP contribution < -0.4 is 9.46 Å². The average Bonchev–Trinajstić information content (AvgIpc) is 3.01. The number of benzene rings is 1. The molecule has 2 heterocycles. The topological polar surface area (TPSA) is 73.2 Å². The molecule has 0 spiro atoms. The molecule has 0 unspecified atom stereocenters. The standard InChI is InChI=1S/C13H14ClN3O3S/c1-17-8-15-13(12(17)14)21(18,19)16-7-10-6-9-4-2-3-5-11(9)20-10/h2-5,8,10,16H,6-7H2,1H3/t10-/m0/s1. The molecule has 0 aliphatic carbocycles. The second-order valence-corrected chi connectivity index (χ2v) is 6.90. The van der Waals surface area contributed by atoms with E-state index in [1.807, 2.05) is 24.3 Å². The van der Waals surface area contributed by atoms with E-state index in [2.05, 4.69) is 9.71 Å². The van der Waals surface area contributed by atoms with Gasteiger partial charge in [0.2, 0.25) is 5.03 Å². The highest BCUT2D eigenvalue weighted by Crippen LogP contribution is 2.28. The second kappa shape index (κ2) is 5.32. The monoisotopic (exact) mass is 327 g/mol. The van der Waals surface area contributed by atoms with Crippen LogP contribution in [0.5, 0.6) is 5.75 Å². The van der Waals surface area contributed by atoms with Crippen LogP contribution in [0.3, 0.4) is 0 Å². The fourth-order valence-electron chi connectivity index (χ4n) is 2.21. The first kappa shape index (κ1) is 14.4. The first-order valence-corrected chi connectivity index (χ1v) is 8.24. The lowest BCUT2D eigenvalue weighted by atomic mass is 10.1. The summed E-state index contributed by atoms with van der Waals surface area (Å²) < 4.78 is 34.0. The Morgan fingerprint density at radius 3 is 2.90 bits per heavy atom. The van der Waals surface area contributed by atoms with Crippen molar-refractivity contribution in [2.24, 2.45) is 7.05 Å². The van der Waals surface area contributed by atoms with Gasteiger partial charge < -0.3 is 9.30 Å². The van der Waals surface area contributed by atoms with E-state index in [-0.39, 0.29) is 22.8 Å². The van der Waals surface area contributed by atoms with Gasteiger partial charge in [0.25, 0.3) is 10.0 Å². The number of aromatic nitrogens is 2. The number of nitrogens with zero attached hydrogens (tertiary/aromatic N) is 2. The first-order chi connectivity index (χ1) is 9.97. The summed E-state index contributed by atoms with van der Waals surface area (Å²) in [6.07, 6.45) is 1.81. The minimum atomic E-state index is -3.74. The first-order valence-electron chi connectivity index (χ1n) is 6.38. The molecule has 1 atom stereocenters. The van der Waals surface area contributed by atoms with Gasteiger partial charge in [0.05, 0.1) is 6.33 Å². The van der Waals surface area contributed by atoms with Gasteiger partial charge in [-0.15, -0.1) is 0 Å². The Morgan fingerprint density at radius 2 is 2.24 bits per heavy atom. The van der Waals surface area contributed by atoms with Crippen LogP contribution in [0.1, 0.15) is 5.56 Å². The van der Waals surface area contributed by atoms with Gasteiger partial charge in [-0.1, -0.05) is 29.8 Å². The number of fused-ring (bicyclic) bond motifs is 1. The number of sulfonamides is 1. The molecule has 1 aromatic heterocycles. The highest BCUT2D eigenvalue weighted by Gasteiger charge is 2.27. The highest BCUT2D eigenvalue weighted by molar-refractivity contribution is 7.89. The third-order valence-electron chi connectivity index (χ3n) is 3.30. The maximum Gasteiger partial charge on any atom is 0.261 e. The number of imidazole rings is 1. The van der Waals surface area contributed by atoms with E-state index in [0.29, 0.717) is 6.42 Å². The van der Waals surface area contributed by atoms with E-state index < -0.39 is 10.0 Å². The van der Waals surface area contributed by atoms with E-state index in [0.717, 1.165) is 11.3 Å². The Hall–Kier alpha value is -1.57. The van der Waals surface area contributed by atoms with Crippen LogP contribution in [0.2, 0.25) is 5.15 Å². The molecule has 21 heavy (non-hydrogen) atoms. The molecule has 0 bridgehead atoms. The zero-order valence-corrected chi connectivity index (χ0v) is 12.9. The lowest BCUT2D eigenvalue weighted by Gasteiger charge is -2.11. The van der Waals surface area contributed by atoms with Gasteiger partial charge in [-0.25, -0.2) is 18.1 Å². The molecule has 1 aromatic carbocycles. The van der Waals surface area contributed by atoms with Crippen LogP contribution in [-0.4, -0.2) is 30.6 Å². The number of ether oxygens (including phenoxy) is 1. The molecular weight excluding hydrogens is 314 g/mol. The molecule has 0 radical (unpaired) electrons. The lowest BCUT2D eigenvalue weighted by molar-refractivity contribution is 0.236. The number of halogens is 1. The van der Waals surface area contributed by atoms with E-state index in [1.165, 1.54) is 10.9 Å². The summed E-state index contributed by atoms with van der Waals surface area (Å²) >= 11 is 5.91. The zero-order chi connectivity index (χ0) is 15.0. The Kier molecular flexibility index (Phi) is 3.64. The molecule has 1 aliphatic rings. The largest absolute Gasteiger partial charge is 0.488 e. The molecular formula is C13H14ClN3O3S. The third-order valence-corrected chi connectivity index (χ3v) is 5.22. The molecule has 0 saturated carbocycles. The van der Waals surface area contributed by atoms with Gasteiger partial charge in [-0.2, -0.15) is 0 Å². The highest BCUT2D eigenvalue weighted by atomic mass is 35.5. The van der Waals surface area contributed by atoms with Crippen molar-refractivity contribution in [2.45, 2.75) is 17.6 Å². The normalized spacial score (nSPS) is 17.5. The molecule has 2 aromatic rings. The van der Waals surface area contributed by atoms with Crippen LogP contribution in [0.15, 0.2) is 35.6 Å². The van der Waals surface area contributed by atoms with Crippen molar-refractivity contribution in [3.8, 4) is 5.75 Å². The van der Waals surface area contributed by atoms with Crippen molar-refractivity contribution in [1.82, 2.24) is 14.3 Å². The minimum absolute atomic E-state index is 0.0816. The average molecular weight is 328 g/mol. The number of para-hydroxylation sites is 1. The molecule has 112 valence electrons. The number of hydrogen-bond acceptors (Lipinski definition) is 4. The van der Waals surface area contributed by atoms with Gasteiger partial charge >= 0.3 is 0 Å². The second-order valence-electron chi connectivity index (χ2n) is 4.86. The van der Waals surface area contributed by atoms with Crippen molar-refractivity contribution >= 4 is 21.6 Å². The number of rotatable bonds is 4. The quantitative estimate of drug-likeness (QED) is 0.920. The van der Waals surface area contributed by atoms with Gasteiger partial charge in [0.15, 0.2) is 0 Å². The summed E-state index contributed by atoms with van der Waals surface area (Å²) in [5.74, 6) is 0.803. The molecule has 1 aliphatic heterocycles. The fourth-order valence-corrected chi connectivity index (χ4v) is 3.70. The third kappa shape index (κ3) is 2.76. The number of hydrogen-bond donors (Lipinski definition) is 1. The number of aryl methyl sites for hydroxylation is 1. The molecule has 3 rings (SSSR count). The SMILES string of the molecule is Cn1cnc(S(=O)(=O)NC[C@@H]2Cc3ccccc3O2)c1Cl. The Balaban J connectivity index is 1.68. The van der Waals surface area contributed by atoms with Crippen molar-refractivity contribution in [3.63, 3.8) is 0 Å². The molecule has 0 amide bonds. The Labute approximate surface area is 127 Å². The summed E-state index contributed by atoms with van der Waals surface area (Å²) in [7, 11) is -2.11. The van der Waals surface area contributed by atoms with E-state index in [9.17, 15) is 8.42 Å². The maximum absolute atomic E-state index is 12.2. The summed E-state index contributed by atoms with van der Waals surface area (Å²) in [4.78, 5) is 3.81. The van der Waals surface area contributed by atoms with Crippen LogP contribution in [-0.2, 0) is 23.5 Å². The summed E-state index contributed by atoms with van der Waals surface area (Å²) in [6, 6.07) is 7.67. The zero-order valence-electron chi connectivity index (χ0n) is 11.3.